The minimum absolute atomic E-state index is 0.0313. The van der Waals surface area contributed by atoms with Crippen LogP contribution < -0.4 is 0 Å². The molecule has 0 atom stereocenters. The van der Waals surface area contributed by atoms with E-state index in [4.69, 9.17) is 5.11 Å². The predicted octanol–water partition coefficient (Wildman–Crippen LogP) is 4.22. The molecule has 0 saturated carbocycles. The van der Waals surface area contributed by atoms with Crippen molar-refractivity contribution in [3.63, 3.8) is 0 Å². The smallest absolute Gasteiger partial charge is 0.303 e. The van der Waals surface area contributed by atoms with Crippen molar-refractivity contribution < 1.29 is 14.7 Å². The Bertz CT molecular complexity index is 547. The SMILES string of the molecule is CC(C)N(CCCC(=O)O)C(=O)c1cc(I)cc(I)c1I. The van der Waals surface area contributed by atoms with Gasteiger partial charge >= 0.3 is 5.97 Å². The van der Waals surface area contributed by atoms with Gasteiger partial charge in [-0.15, -0.1) is 0 Å². The third kappa shape index (κ3) is 5.81. The number of carboxylic acid groups (broad SMARTS) is 1. The second kappa shape index (κ2) is 8.85. The van der Waals surface area contributed by atoms with E-state index in [1.807, 2.05) is 26.0 Å². The molecule has 0 radical (unpaired) electrons. The van der Waals surface area contributed by atoms with Crippen molar-refractivity contribution in [2.75, 3.05) is 6.54 Å². The Morgan fingerprint density at radius 1 is 1.24 bits per heavy atom. The maximum Gasteiger partial charge on any atom is 0.303 e. The summed E-state index contributed by atoms with van der Waals surface area (Å²) < 4.78 is 3.02. The van der Waals surface area contributed by atoms with Crippen LogP contribution in [0.15, 0.2) is 12.1 Å². The Morgan fingerprint density at radius 2 is 1.86 bits per heavy atom. The van der Waals surface area contributed by atoms with Crippen LogP contribution in [0.4, 0.5) is 0 Å². The van der Waals surface area contributed by atoms with Crippen molar-refractivity contribution in [1.29, 1.82) is 0 Å². The fraction of sp³-hybridized carbons (Fsp3) is 0.429. The molecular weight excluding hydrogens is 611 g/mol. The Hall–Kier alpha value is 0.350. The number of benzene rings is 1. The molecule has 0 aromatic heterocycles. The van der Waals surface area contributed by atoms with Gasteiger partial charge in [0.2, 0.25) is 0 Å². The first-order valence-corrected chi connectivity index (χ1v) is 9.65. The number of hydrogen-bond acceptors (Lipinski definition) is 2. The summed E-state index contributed by atoms with van der Waals surface area (Å²) in [5, 5.41) is 8.73. The molecule has 1 aromatic carbocycles. The molecule has 4 nitrogen and oxygen atoms in total. The lowest BCUT2D eigenvalue weighted by Gasteiger charge is -2.27. The summed E-state index contributed by atoms with van der Waals surface area (Å²) >= 11 is 6.62. The van der Waals surface area contributed by atoms with Gasteiger partial charge in [-0.3, -0.25) is 9.59 Å². The minimum Gasteiger partial charge on any atom is -0.481 e. The zero-order valence-electron chi connectivity index (χ0n) is 11.7. The van der Waals surface area contributed by atoms with E-state index in [9.17, 15) is 9.59 Å². The summed E-state index contributed by atoms with van der Waals surface area (Å²) in [4.78, 5) is 25.1. The van der Waals surface area contributed by atoms with Gasteiger partial charge in [-0.1, -0.05) is 0 Å². The lowest BCUT2D eigenvalue weighted by Crippen LogP contribution is -2.38. The molecule has 1 amide bonds. The predicted molar refractivity (Wildman–Crippen MR) is 108 cm³/mol. The van der Waals surface area contributed by atoms with Crippen LogP contribution in [0.2, 0.25) is 0 Å². The van der Waals surface area contributed by atoms with Crippen LogP contribution in [0.25, 0.3) is 0 Å². The molecule has 0 saturated heterocycles. The molecule has 0 aliphatic rings. The third-order valence-electron chi connectivity index (χ3n) is 2.90. The summed E-state index contributed by atoms with van der Waals surface area (Å²) in [5.74, 6) is -0.860. The third-order valence-corrected chi connectivity index (χ3v) is 6.57. The summed E-state index contributed by atoms with van der Waals surface area (Å²) in [5.41, 5.74) is 0.691. The number of carbonyl (C=O) groups excluding carboxylic acids is 1. The van der Waals surface area contributed by atoms with Gasteiger partial charge in [0.25, 0.3) is 5.91 Å². The van der Waals surface area contributed by atoms with Gasteiger partial charge in [0.15, 0.2) is 0 Å². The van der Waals surface area contributed by atoms with E-state index >= 15 is 0 Å². The molecule has 0 heterocycles. The van der Waals surface area contributed by atoms with Gasteiger partial charge in [0.05, 0.1) is 5.56 Å². The first kappa shape index (κ1) is 19.4. The van der Waals surface area contributed by atoms with E-state index in [2.05, 4.69) is 67.8 Å². The van der Waals surface area contributed by atoms with Crippen LogP contribution in [0.1, 0.15) is 37.0 Å². The van der Waals surface area contributed by atoms with Crippen molar-refractivity contribution in [2.45, 2.75) is 32.7 Å². The monoisotopic (exact) mass is 627 g/mol. The van der Waals surface area contributed by atoms with Crippen LogP contribution in [-0.2, 0) is 4.79 Å². The van der Waals surface area contributed by atoms with E-state index in [-0.39, 0.29) is 18.4 Å². The molecule has 0 aliphatic carbocycles. The van der Waals surface area contributed by atoms with Gasteiger partial charge in [0.1, 0.15) is 0 Å². The molecular formula is C14H16I3NO3. The fourth-order valence-electron chi connectivity index (χ4n) is 1.86. The van der Waals surface area contributed by atoms with Crippen LogP contribution >= 0.6 is 67.8 Å². The highest BCUT2D eigenvalue weighted by atomic mass is 127. The lowest BCUT2D eigenvalue weighted by molar-refractivity contribution is -0.137. The van der Waals surface area contributed by atoms with Gasteiger partial charge in [-0.2, -0.15) is 0 Å². The highest BCUT2D eigenvalue weighted by molar-refractivity contribution is 14.1. The minimum atomic E-state index is -0.829. The van der Waals surface area contributed by atoms with Crippen LogP contribution in [0.5, 0.6) is 0 Å². The first-order valence-electron chi connectivity index (χ1n) is 6.41. The molecule has 0 fully saturated rings. The topological polar surface area (TPSA) is 57.6 Å². The maximum absolute atomic E-state index is 12.8. The molecule has 116 valence electrons. The van der Waals surface area contributed by atoms with Gasteiger partial charge in [0, 0.05) is 29.7 Å². The zero-order chi connectivity index (χ0) is 16.2. The number of carbonyl (C=O) groups is 2. The highest BCUT2D eigenvalue weighted by Gasteiger charge is 2.22. The summed E-state index contributed by atoms with van der Waals surface area (Å²) in [6.07, 6.45) is 0.550. The van der Waals surface area contributed by atoms with Crippen molar-refractivity contribution >= 4 is 79.6 Å². The average Bonchev–Trinajstić information content (AvgIpc) is 2.37. The largest absolute Gasteiger partial charge is 0.481 e. The van der Waals surface area contributed by atoms with E-state index in [1.54, 1.807) is 4.90 Å². The molecule has 0 aliphatic heterocycles. The van der Waals surface area contributed by atoms with E-state index in [0.717, 1.165) is 10.7 Å². The average molecular weight is 627 g/mol. The van der Waals surface area contributed by atoms with Gasteiger partial charge in [-0.25, -0.2) is 0 Å². The van der Waals surface area contributed by atoms with E-state index < -0.39 is 5.97 Å². The number of carboxylic acids is 1. The van der Waals surface area contributed by atoms with E-state index in [0.29, 0.717) is 18.5 Å². The molecule has 0 unspecified atom stereocenters. The molecule has 1 aromatic rings. The Labute approximate surface area is 165 Å². The number of aliphatic carboxylic acids is 1. The van der Waals surface area contributed by atoms with Crippen LogP contribution in [-0.4, -0.2) is 34.5 Å². The standard InChI is InChI=1S/C14H16I3NO3/c1-8(2)18(5-3-4-12(19)20)14(21)10-6-9(15)7-11(16)13(10)17/h6-8H,3-5H2,1-2H3,(H,19,20). The Balaban J connectivity index is 2.98. The maximum atomic E-state index is 12.8. The molecule has 7 heteroatoms. The van der Waals surface area contributed by atoms with Crippen LogP contribution in [0.3, 0.4) is 0 Å². The number of halogens is 3. The number of rotatable bonds is 6. The lowest BCUT2D eigenvalue weighted by atomic mass is 10.1. The molecule has 0 spiro atoms. The summed E-state index contributed by atoms with van der Waals surface area (Å²) in [7, 11) is 0. The second-order valence-electron chi connectivity index (χ2n) is 4.84. The zero-order valence-corrected chi connectivity index (χ0v) is 18.2. The quantitative estimate of drug-likeness (QED) is 0.380. The molecule has 1 rings (SSSR count). The Morgan fingerprint density at radius 3 is 2.38 bits per heavy atom. The highest BCUT2D eigenvalue weighted by Crippen LogP contribution is 2.24. The molecule has 0 bridgehead atoms. The number of nitrogens with zero attached hydrogens (tertiary/aromatic N) is 1. The van der Waals surface area contributed by atoms with Gasteiger partial charge < -0.3 is 10.0 Å². The van der Waals surface area contributed by atoms with Crippen molar-refractivity contribution in [3.05, 3.63) is 28.4 Å². The Kier molecular flexibility index (Phi) is 8.17. The summed E-state index contributed by atoms with van der Waals surface area (Å²) in [6.45, 7) is 4.36. The van der Waals surface area contributed by atoms with Crippen molar-refractivity contribution in [3.8, 4) is 0 Å². The van der Waals surface area contributed by atoms with Crippen molar-refractivity contribution in [2.24, 2.45) is 0 Å². The van der Waals surface area contributed by atoms with Gasteiger partial charge in [-0.05, 0) is 100 Å². The van der Waals surface area contributed by atoms with E-state index in [1.165, 1.54) is 0 Å². The fourth-order valence-corrected chi connectivity index (χ4v) is 4.25. The molecule has 1 N–H and O–H groups in total. The second-order valence-corrected chi connectivity index (χ2v) is 8.33. The number of amides is 1. The van der Waals surface area contributed by atoms with Crippen LogP contribution in [0, 0.1) is 10.7 Å². The summed E-state index contributed by atoms with van der Waals surface area (Å²) in [6, 6.07) is 3.96. The molecule has 21 heavy (non-hydrogen) atoms. The normalized spacial score (nSPS) is 10.8. The number of hydrogen-bond donors (Lipinski definition) is 1. The van der Waals surface area contributed by atoms with Crippen molar-refractivity contribution in [1.82, 2.24) is 4.90 Å². The first-order chi connectivity index (χ1) is 9.73.